The van der Waals surface area contributed by atoms with E-state index in [0.29, 0.717) is 11.6 Å². The van der Waals surface area contributed by atoms with E-state index in [4.69, 9.17) is 4.74 Å². The fourth-order valence-corrected chi connectivity index (χ4v) is 4.92. The average Bonchev–Trinajstić information content (AvgIpc) is 2.98. The number of rotatable bonds is 4. The topological polar surface area (TPSA) is 96.0 Å². The molecule has 1 saturated heterocycles. The minimum Gasteiger partial charge on any atom is -0.508 e. The van der Waals surface area contributed by atoms with E-state index in [2.05, 4.69) is 53.4 Å². The lowest BCUT2D eigenvalue weighted by atomic mass is 9.81. The van der Waals surface area contributed by atoms with Gasteiger partial charge in [-0.15, -0.1) is 10.2 Å². The molecule has 0 aliphatic carbocycles. The second-order valence-electron chi connectivity index (χ2n) is 9.84. The second-order valence-corrected chi connectivity index (χ2v) is 9.84. The Morgan fingerprint density at radius 1 is 0.968 bits per heavy atom. The van der Waals surface area contributed by atoms with Crippen molar-refractivity contribution in [1.82, 2.24) is 25.7 Å². The van der Waals surface area contributed by atoms with E-state index >= 15 is 0 Å². The summed E-state index contributed by atoms with van der Waals surface area (Å²) in [6, 6.07) is 9.02. The monoisotopic (exact) mass is 421 g/mol. The summed E-state index contributed by atoms with van der Waals surface area (Å²) < 4.78 is 6.20. The van der Waals surface area contributed by atoms with Crippen LogP contribution in [-0.2, 0) is 0 Å². The first kappa shape index (κ1) is 21.3. The molecule has 2 aromatic heterocycles. The minimum atomic E-state index is -0.00341. The number of aryl methyl sites for hydroxylation is 2. The van der Waals surface area contributed by atoms with Crippen molar-refractivity contribution in [2.24, 2.45) is 0 Å². The number of nitrogens with one attached hydrogen (secondary N) is 2. The molecule has 0 unspecified atom stereocenters. The molecular weight excluding hydrogens is 390 g/mol. The number of hydrogen-bond acceptors (Lipinski definition) is 6. The Balaban J connectivity index is 1.62. The molecule has 7 heteroatoms. The van der Waals surface area contributed by atoms with Crippen molar-refractivity contribution >= 4 is 0 Å². The lowest BCUT2D eigenvalue weighted by Crippen LogP contribution is -2.60. The molecule has 0 amide bonds. The third-order valence-corrected chi connectivity index (χ3v) is 5.76. The van der Waals surface area contributed by atoms with E-state index in [1.165, 1.54) is 0 Å². The van der Waals surface area contributed by atoms with Gasteiger partial charge in [0.1, 0.15) is 11.9 Å². The van der Waals surface area contributed by atoms with Gasteiger partial charge >= 0.3 is 0 Å². The molecule has 1 aromatic carbocycles. The average molecular weight is 422 g/mol. The van der Waals surface area contributed by atoms with Gasteiger partial charge < -0.3 is 15.2 Å². The lowest BCUT2D eigenvalue weighted by molar-refractivity contribution is 0.0524. The van der Waals surface area contributed by atoms with Gasteiger partial charge in [0, 0.05) is 46.8 Å². The highest BCUT2D eigenvalue weighted by Gasteiger charge is 2.38. The normalized spacial score (nSPS) is 18.1. The van der Waals surface area contributed by atoms with Gasteiger partial charge in [-0.05, 0) is 71.4 Å². The molecule has 1 fully saturated rings. The van der Waals surface area contributed by atoms with Crippen molar-refractivity contribution in [1.29, 1.82) is 0 Å². The van der Waals surface area contributed by atoms with Crippen LogP contribution in [0.4, 0.5) is 0 Å². The number of aromatic nitrogens is 4. The molecule has 0 atom stereocenters. The van der Waals surface area contributed by atoms with Gasteiger partial charge in [-0.2, -0.15) is 5.10 Å². The van der Waals surface area contributed by atoms with Gasteiger partial charge in [-0.3, -0.25) is 5.10 Å². The Hall–Kier alpha value is -2.93. The lowest BCUT2D eigenvalue weighted by Gasteiger charge is -2.46. The first-order chi connectivity index (χ1) is 14.5. The van der Waals surface area contributed by atoms with E-state index in [1.807, 2.05) is 32.0 Å². The van der Waals surface area contributed by atoms with E-state index in [-0.39, 0.29) is 22.9 Å². The van der Waals surface area contributed by atoms with Gasteiger partial charge in [0.2, 0.25) is 5.88 Å². The summed E-state index contributed by atoms with van der Waals surface area (Å²) >= 11 is 0. The molecule has 3 aromatic rings. The third-order valence-electron chi connectivity index (χ3n) is 5.76. The van der Waals surface area contributed by atoms with Crippen LogP contribution in [0.25, 0.3) is 22.4 Å². The molecule has 3 heterocycles. The third kappa shape index (κ3) is 4.56. The standard InChI is InChI=1S/C24H31N5O2/c1-14-22(15(2)26-25-14)18-8-7-16(30)11-19(18)20-9-10-21(28-27-20)31-17-12-23(3,4)29-24(5,6)13-17/h7-11,17,29-30H,12-13H2,1-6H3,(H,25,26). The van der Waals surface area contributed by atoms with Crippen molar-refractivity contribution < 1.29 is 9.84 Å². The van der Waals surface area contributed by atoms with Crippen molar-refractivity contribution in [2.45, 2.75) is 71.6 Å². The maximum atomic E-state index is 10.1. The molecule has 164 valence electrons. The van der Waals surface area contributed by atoms with Crippen LogP contribution in [0.5, 0.6) is 11.6 Å². The zero-order valence-electron chi connectivity index (χ0n) is 19.1. The Bertz CT molecular complexity index is 1050. The van der Waals surface area contributed by atoms with Gasteiger partial charge in [0.15, 0.2) is 0 Å². The molecule has 31 heavy (non-hydrogen) atoms. The molecular formula is C24H31N5O2. The largest absolute Gasteiger partial charge is 0.508 e. The van der Waals surface area contributed by atoms with Crippen LogP contribution < -0.4 is 10.1 Å². The van der Waals surface area contributed by atoms with Crippen molar-refractivity contribution in [2.75, 3.05) is 0 Å². The number of aromatic amines is 1. The van der Waals surface area contributed by atoms with Crippen molar-refractivity contribution in [3.63, 3.8) is 0 Å². The van der Waals surface area contributed by atoms with Gasteiger partial charge in [0.25, 0.3) is 0 Å². The van der Waals surface area contributed by atoms with Crippen LogP contribution in [0.3, 0.4) is 0 Å². The molecule has 0 bridgehead atoms. The molecule has 3 N–H and O–H groups in total. The second kappa shape index (κ2) is 7.64. The van der Waals surface area contributed by atoms with E-state index in [0.717, 1.165) is 40.9 Å². The Labute approximate surface area is 183 Å². The molecule has 0 radical (unpaired) electrons. The van der Waals surface area contributed by atoms with Crippen molar-refractivity contribution in [3.05, 3.63) is 41.7 Å². The Morgan fingerprint density at radius 2 is 1.68 bits per heavy atom. The molecule has 1 aliphatic rings. The molecule has 0 saturated carbocycles. The van der Waals surface area contributed by atoms with Crippen LogP contribution in [0.1, 0.15) is 51.9 Å². The number of piperidine rings is 1. The number of phenolic OH excluding ortho intramolecular Hbond substituents is 1. The number of benzene rings is 1. The summed E-state index contributed by atoms with van der Waals surface area (Å²) in [4.78, 5) is 0. The highest BCUT2D eigenvalue weighted by molar-refractivity contribution is 5.84. The van der Waals surface area contributed by atoms with E-state index < -0.39 is 0 Å². The molecule has 1 aliphatic heterocycles. The summed E-state index contributed by atoms with van der Waals surface area (Å²) in [6.45, 7) is 12.7. The van der Waals surface area contributed by atoms with Gasteiger partial charge in [-0.1, -0.05) is 0 Å². The number of phenols is 1. The summed E-state index contributed by atoms with van der Waals surface area (Å²) in [7, 11) is 0. The van der Waals surface area contributed by atoms with Crippen molar-refractivity contribution in [3.8, 4) is 34.0 Å². The molecule has 7 nitrogen and oxygen atoms in total. The zero-order chi connectivity index (χ0) is 22.4. The van der Waals surface area contributed by atoms with Crippen LogP contribution in [-0.4, -0.2) is 42.7 Å². The molecule has 4 rings (SSSR count). The highest BCUT2D eigenvalue weighted by atomic mass is 16.5. The van der Waals surface area contributed by atoms with Gasteiger partial charge in [0.05, 0.1) is 11.4 Å². The van der Waals surface area contributed by atoms with Crippen LogP contribution in [0.2, 0.25) is 0 Å². The van der Waals surface area contributed by atoms with Gasteiger partial charge in [-0.25, -0.2) is 0 Å². The van der Waals surface area contributed by atoms with E-state index in [1.54, 1.807) is 12.1 Å². The maximum Gasteiger partial charge on any atom is 0.233 e. The number of aromatic hydroxyl groups is 1. The zero-order valence-corrected chi connectivity index (χ0v) is 19.1. The fourth-order valence-electron chi connectivity index (χ4n) is 4.92. The fraction of sp³-hybridized carbons (Fsp3) is 0.458. The highest BCUT2D eigenvalue weighted by Crippen LogP contribution is 2.37. The number of nitrogens with zero attached hydrogens (tertiary/aromatic N) is 3. The Morgan fingerprint density at radius 3 is 2.26 bits per heavy atom. The number of H-pyrrole nitrogens is 1. The Kier molecular flexibility index (Phi) is 5.25. The van der Waals surface area contributed by atoms with Crippen LogP contribution in [0.15, 0.2) is 30.3 Å². The minimum absolute atomic E-state index is 0.00341. The number of hydrogen-bond donors (Lipinski definition) is 3. The first-order valence-electron chi connectivity index (χ1n) is 10.7. The summed E-state index contributed by atoms with van der Waals surface area (Å²) in [5, 5.41) is 29.9. The predicted octanol–water partition coefficient (Wildman–Crippen LogP) is 4.54. The van der Waals surface area contributed by atoms with Crippen LogP contribution in [0, 0.1) is 13.8 Å². The van der Waals surface area contributed by atoms with Crippen LogP contribution >= 0.6 is 0 Å². The summed E-state index contributed by atoms with van der Waals surface area (Å²) in [5.74, 6) is 0.693. The smallest absolute Gasteiger partial charge is 0.233 e. The SMILES string of the molecule is Cc1n[nH]c(C)c1-c1ccc(O)cc1-c1ccc(OC2CC(C)(C)NC(C)(C)C2)nn1. The van der Waals surface area contributed by atoms with E-state index in [9.17, 15) is 5.11 Å². The maximum absolute atomic E-state index is 10.1. The quantitative estimate of drug-likeness (QED) is 0.572. The summed E-state index contributed by atoms with van der Waals surface area (Å²) in [6.07, 6.45) is 1.87. The molecule has 0 spiro atoms. The first-order valence-corrected chi connectivity index (χ1v) is 10.7. The number of ether oxygens (including phenoxy) is 1. The predicted molar refractivity (Wildman–Crippen MR) is 121 cm³/mol. The summed E-state index contributed by atoms with van der Waals surface area (Å²) in [5.41, 5.74) is 5.29.